The molecule has 2 aromatic rings. The van der Waals surface area contributed by atoms with Gasteiger partial charge >= 0.3 is 0 Å². The molecule has 1 saturated heterocycles. The Balaban J connectivity index is 1.62. The van der Waals surface area contributed by atoms with Crippen molar-refractivity contribution in [1.29, 1.82) is 0 Å². The maximum atomic E-state index is 12.5. The van der Waals surface area contributed by atoms with E-state index in [0.29, 0.717) is 18.5 Å². The highest BCUT2D eigenvalue weighted by Crippen LogP contribution is 2.22. The van der Waals surface area contributed by atoms with Crippen LogP contribution in [0.3, 0.4) is 0 Å². The summed E-state index contributed by atoms with van der Waals surface area (Å²) in [4.78, 5) is 28.5. The van der Waals surface area contributed by atoms with E-state index in [2.05, 4.69) is 36.2 Å². The Labute approximate surface area is 161 Å². The fourth-order valence-corrected chi connectivity index (χ4v) is 3.43. The standard InChI is InChI=1S/C22H27N3O2/c1-3-24(4-2)19-12-10-17(11-13-19)16-23-22(27)18-7-5-8-20(15-18)25-14-6-9-21(25)26/h5,7-8,10-13,15H,3-4,6,9,14,16H2,1-2H3,(H,23,27). The number of carbonyl (C=O) groups is 2. The van der Waals surface area contributed by atoms with Crippen LogP contribution in [-0.4, -0.2) is 31.4 Å². The average Bonchev–Trinajstić information content (AvgIpc) is 3.14. The normalized spacial score (nSPS) is 13.7. The van der Waals surface area contributed by atoms with Crippen molar-refractivity contribution in [2.24, 2.45) is 0 Å². The van der Waals surface area contributed by atoms with Crippen molar-refractivity contribution in [1.82, 2.24) is 5.32 Å². The number of amides is 2. The summed E-state index contributed by atoms with van der Waals surface area (Å²) in [7, 11) is 0. The second-order valence-corrected chi connectivity index (χ2v) is 6.72. The minimum absolute atomic E-state index is 0.126. The van der Waals surface area contributed by atoms with Crippen molar-refractivity contribution < 1.29 is 9.59 Å². The molecule has 1 N–H and O–H groups in total. The van der Waals surface area contributed by atoms with Gasteiger partial charge < -0.3 is 15.1 Å². The minimum Gasteiger partial charge on any atom is -0.372 e. The molecule has 0 aromatic heterocycles. The van der Waals surface area contributed by atoms with Gasteiger partial charge in [-0.15, -0.1) is 0 Å². The van der Waals surface area contributed by atoms with Crippen LogP contribution in [0, 0.1) is 0 Å². The lowest BCUT2D eigenvalue weighted by Crippen LogP contribution is -2.26. The summed E-state index contributed by atoms with van der Waals surface area (Å²) in [6.07, 6.45) is 1.46. The largest absolute Gasteiger partial charge is 0.372 e. The summed E-state index contributed by atoms with van der Waals surface area (Å²) >= 11 is 0. The molecule has 0 unspecified atom stereocenters. The number of carbonyl (C=O) groups excluding carboxylic acids is 2. The van der Waals surface area contributed by atoms with Gasteiger partial charge in [-0.2, -0.15) is 0 Å². The van der Waals surface area contributed by atoms with Crippen LogP contribution in [0.15, 0.2) is 48.5 Å². The monoisotopic (exact) mass is 365 g/mol. The molecule has 0 aliphatic carbocycles. The molecule has 0 atom stereocenters. The van der Waals surface area contributed by atoms with Crippen molar-refractivity contribution in [2.75, 3.05) is 29.4 Å². The molecule has 0 spiro atoms. The molecule has 2 amide bonds. The van der Waals surface area contributed by atoms with Crippen molar-refractivity contribution in [3.05, 3.63) is 59.7 Å². The summed E-state index contributed by atoms with van der Waals surface area (Å²) < 4.78 is 0. The van der Waals surface area contributed by atoms with Gasteiger partial charge in [-0.3, -0.25) is 9.59 Å². The molecule has 5 nitrogen and oxygen atoms in total. The van der Waals surface area contributed by atoms with Gasteiger partial charge in [0, 0.05) is 49.5 Å². The first-order chi connectivity index (χ1) is 13.1. The molecule has 142 valence electrons. The van der Waals surface area contributed by atoms with Crippen LogP contribution >= 0.6 is 0 Å². The van der Waals surface area contributed by atoms with Crippen LogP contribution in [-0.2, 0) is 11.3 Å². The van der Waals surface area contributed by atoms with Gasteiger partial charge in [0.05, 0.1) is 0 Å². The number of nitrogens with one attached hydrogen (secondary N) is 1. The molecular weight excluding hydrogens is 338 g/mol. The zero-order valence-corrected chi connectivity index (χ0v) is 16.1. The third-order valence-electron chi connectivity index (χ3n) is 5.01. The number of benzene rings is 2. The van der Waals surface area contributed by atoms with E-state index in [1.54, 1.807) is 17.0 Å². The SMILES string of the molecule is CCN(CC)c1ccc(CNC(=O)c2cccc(N3CCCC3=O)c2)cc1. The van der Waals surface area contributed by atoms with E-state index in [-0.39, 0.29) is 11.8 Å². The number of rotatable bonds is 7. The van der Waals surface area contributed by atoms with Crippen LogP contribution in [0.2, 0.25) is 0 Å². The van der Waals surface area contributed by atoms with E-state index in [0.717, 1.165) is 37.3 Å². The van der Waals surface area contributed by atoms with Crippen LogP contribution in [0.4, 0.5) is 11.4 Å². The molecule has 0 bridgehead atoms. The quantitative estimate of drug-likeness (QED) is 0.816. The van der Waals surface area contributed by atoms with Crippen molar-refractivity contribution in [3.63, 3.8) is 0 Å². The van der Waals surface area contributed by atoms with Gasteiger partial charge in [0.1, 0.15) is 0 Å². The fourth-order valence-electron chi connectivity index (χ4n) is 3.43. The number of nitrogens with zero attached hydrogens (tertiary/aromatic N) is 2. The Morgan fingerprint density at radius 2 is 1.85 bits per heavy atom. The topological polar surface area (TPSA) is 52.7 Å². The second kappa shape index (κ2) is 8.71. The van der Waals surface area contributed by atoms with E-state index < -0.39 is 0 Å². The molecule has 2 aromatic carbocycles. The molecule has 1 aliphatic heterocycles. The highest BCUT2D eigenvalue weighted by Gasteiger charge is 2.22. The second-order valence-electron chi connectivity index (χ2n) is 6.72. The van der Waals surface area contributed by atoms with Gasteiger partial charge in [-0.05, 0) is 56.2 Å². The molecule has 27 heavy (non-hydrogen) atoms. The summed E-state index contributed by atoms with van der Waals surface area (Å²) in [5.41, 5.74) is 3.63. The Bertz CT molecular complexity index is 797. The van der Waals surface area contributed by atoms with Crippen LogP contribution in [0.5, 0.6) is 0 Å². The fraction of sp³-hybridized carbons (Fsp3) is 0.364. The molecule has 1 aliphatic rings. The number of hydrogen-bond donors (Lipinski definition) is 1. The summed E-state index contributed by atoms with van der Waals surface area (Å²) in [6.45, 7) is 7.43. The lowest BCUT2D eigenvalue weighted by atomic mass is 10.1. The Kier molecular flexibility index (Phi) is 6.12. The Hall–Kier alpha value is -2.82. The Morgan fingerprint density at radius 3 is 2.48 bits per heavy atom. The van der Waals surface area contributed by atoms with Crippen LogP contribution in [0.25, 0.3) is 0 Å². The average molecular weight is 365 g/mol. The number of hydrogen-bond acceptors (Lipinski definition) is 3. The molecule has 0 saturated carbocycles. The predicted octanol–water partition coefficient (Wildman–Crippen LogP) is 3.59. The first-order valence-corrected chi connectivity index (χ1v) is 9.65. The molecule has 1 heterocycles. The van der Waals surface area contributed by atoms with Gasteiger partial charge in [0.2, 0.25) is 5.91 Å². The maximum absolute atomic E-state index is 12.5. The zero-order chi connectivity index (χ0) is 19.2. The van der Waals surface area contributed by atoms with Crippen LogP contribution < -0.4 is 15.1 Å². The van der Waals surface area contributed by atoms with Crippen LogP contribution in [0.1, 0.15) is 42.6 Å². The van der Waals surface area contributed by atoms with E-state index in [4.69, 9.17) is 0 Å². The highest BCUT2D eigenvalue weighted by molar-refractivity contribution is 5.99. The Morgan fingerprint density at radius 1 is 1.11 bits per heavy atom. The van der Waals surface area contributed by atoms with Gasteiger partial charge in [0.15, 0.2) is 0 Å². The highest BCUT2D eigenvalue weighted by atomic mass is 16.2. The zero-order valence-electron chi connectivity index (χ0n) is 16.1. The number of anilines is 2. The third kappa shape index (κ3) is 4.48. The van der Waals surface area contributed by atoms with E-state index >= 15 is 0 Å². The van der Waals surface area contributed by atoms with E-state index in [9.17, 15) is 9.59 Å². The molecule has 5 heteroatoms. The van der Waals surface area contributed by atoms with Crippen molar-refractivity contribution in [2.45, 2.75) is 33.2 Å². The maximum Gasteiger partial charge on any atom is 0.251 e. The summed E-state index contributed by atoms with van der Waals surface area (Å²) in [5, 5.41) is 2.96. The first kappa shape index (κ1) is 19.0. The van der Waals surface area contributed by atoms with Crippen molar-refractivity contribution >= 4 is 23.2 Å². The lowest BCUT2D eigenvalue weighted by Gasteiger charge is -2.21. The lowest BCUT2D eigenvalue weighted by molar-refractivity contribution is -0.117. The molecule has 3 rings (SSSR count). The predicted molar refractivity (Wildman–Crippen MR) is 109 cm³/mol. The first-order valence-electron chi connectivity index (χ1n) is 9.65. The van der Waals surface area contributed by atoms with Crippen molar-refractivity contribution in [3.8, 4) is 0 Å². The summed E-state index contributed by atoms with van der Waals surface area (Å²) in [6, 6.07) is 15.6. The molecular formula is C22H27N3O2. The van der Waals surface area contributed by atoms with E-state index in [1.165, 1.54) is 5.69 Å². The van der Waals surface area contributed by atoms with E-state index in [1.807, 2.05) is 24.3 Å². The minimum atomic E-state index is -0.128. The smallest absolute Gasteiger partial charge is 0.251 e. The summed E-state index contributed by atoms with van der Waals surface area (Å²) in [5.74, 6) is -0.00262. The molecule has 0 radical (unpaired) electrons. The van der Waals surface area contributed by atoms with Gasteiger partial charge in [-0.25, -0.2) is 0 Å². The van der Waals surface area contributed by atoms with Gasteiger partial charge in [0.25, 0.3) is 5.91 Å². The van der Waals surface area contributed by atoms with Gasteiger partial charge in [-0.1, -0.05) is 18.2 Å². The third-order valence-corrected chi connectivity index (χ3v) is 5.01. The molecule has 1 fully saturated rings.